The van der Waals surface area contributed by atoms with Crippen LogP contribution in [0, 0.1) is 0 Å². The Morgan fingerprint density at radius 3 is 2.22 bits per heavy atom. The van der Waals surface area contributed by atoms with Gasteiger partial charge in [0.15, 0.2) is 11.5 Å². The van der Waals surface area contributed by atoms with Crippen LogP contribution in [0.5, 0.6) is 17.2 Å². The van der Waals surface area contributed by atoms with Crippen LogP contribution in [0.3, 0.4) is 0 Å². The predicted molar refractivity (Wildman–Crippen MR) is 91.4 cm³/mol. The molecule has 0 radical (unpaired) electrons. The average Bonchev–Trinajstić information content (AvgIpc) is 2.58. The van der Waals surface area contributed by atoms with E-state index in [1.807, 2.05) is 24.3 Å². The Morgan fingerprint density at radius 2 is 1.70 bits per heavy atom. The minimum atomic E-state index is -0.218. The molecule has 0 aliphatic heterocycles. The van der Waals surface area contributed by atoms with Crippen molar-refractivity contribution in [3.8, 4) is 17.2 Å². The van der Waals surface area contributed by atoms with Crippen LogP contribution in [0.25, 0.3) is 0 Å². The number of rotatable bonds is 6. The lowest BCUT2D eigenvalue weighted by molar-refractivity contribution is 0.0950. The number of hydrogen-bond acceptors (Lipinski definition) is 4. The van der Waals surface area contributed by atoms with Crippen LogP contribution in [0.4, 0.5) is 0 Å². The van der Waals surface area contributed by atoms with Crippen LogP contribution >= 0.6 is 15.9 Å². The predicted octanol–water partition coefficient (Wildman–Crippen LogP) is 3.40. The first-order chi connectivity index (χ1) is 11.1. The molecule has 0 aromatic heterocycles. The third-order valence-electron chi connectivity index (χ3n) is 3.27. The summed E-state index contributed by atoms with van der Waals surface area (Å²) in [5.41, 5.74) is 1.44. The maximum atomic E-state index is 12.4. The van der Waals surface area contributed by atoms with Crippen molar-refractivity contribution >= 4 is 21.8 Å². The zero-order chi connectivity index (χ0) is 16.8. The van der Waals surface area contributed by atoms with Crippen LogP contribution in [-0.2, 0) is 6.54 Å². The zero-order valence-corrected chi connectivity index (χ0v) is 14.8. The summed E-state index contributed by atoms with van der Waals surface area (Å²) in [4.78, 5) is 12.4. The number of ether oxygens (including phenoxy) is 3. The van der Waals surface area contributed by atoms with Crippen molar-refractivity contribution in [2.45, 2.75) is 6.54 Å². The minimum absolute atomic E-state index is 0.218. The van der Waals surface area contributed by atoms with Crippen molar-refractivity contribution < 1.29 is 19.0 Å². The highest BCUT2D eigenvalue weighted by Crippen LogP contribution is 2.38. The van der Waals surface area contributed by atoms with E-state index >= 15 is 0 Å². The Bertz CT molecular complexity index is 678. The first-order valence-corrected chi connectivity index (χ1v) is 7.71. The number of hydrogen-bond donors (Lipinski definition) is 1. The largest absolute Gasteiger partial charge is 0.493 e. The third kappa shape index (κ3) is 4.16. The average molecular weight is 380 g/mol. The van der Waals surface area contributed by atoms with Crippen molar-refractivity contribution in [1.29, 1.82) is 0 Å². The number of amides is 1. The lowest BCUT2D eigenvalue weighted by Crippen LogP contribution is -2.23. The Balaban J connectivity index is 2.18. The van der Waals surface area contributed by atoms with Gasteiger partial charge in [0.2, 0.25) is 5.75 Å². The van der Waals surface area contributed by atoms with Gasteiger partial charge in [-0.2, -0.15) is 0 Å². The van der Waals surface area contributed by atoms with Crippen LogP contribution in [-0.4, -0.2) is 27.2 Å². The highest BCUT2D eigenvalue weighted by atomic mass is 79.9. The smallest absolute Gasteiger partial charge is 0.251 e. The second-order valence-electron chi connectivity index (χ2n) is 4.73. The molecule has 122 valence electrons. The number of carbonyl (C=O) groups excluding carboxylic acids is 1. The summed E-state index contributed by atoms with van der Waals surface area (Å²) < 4.78 is 16.7. The van der Waals surface area contributed by atoms with E-state index in [0.717, 1.165) is 10.0 Å². The molecule has 0 saturated heterocycles. The van der Waals surface area contributed by atoms with Crippen molar-refractivity contribution in [3.05, 3.63) is 52.0 Å². The van der Waals surface area contributed by atoms with E-state index < -0.39 is 0 Å². The SMILES string of the molecule is COc1cc(C(=O)NCc2cccc(Br)c2)cc(OC)c1OC. The van der Waals surface area contributed by atoms with E-state index in [-0.39, 0.29) is 5.91 Å². The molecular formula is C17H18BrNO4. The van der Waals surface area contributed by atoms with Crippen molar-refractivity contribution in [2.24, 2.45) is 0 Å². The van der Waals surface area contributed by atoms with Crippen LogP contribution in [0.15, 0.2) is 40.9 Å². The van der Waals surface area contributed by atoms with E-state index in [1.165, 1.54) is 21.3 Å². The highest BCUT2D eigenvalue weighted by molar-refractivity contribution is 9.10. The van der Waals surface area contributed by atoms with Gasteiger partial charge in [0.1, 0.15) is 0 Å². The van der Waals surface area contributed by atoms with Crippen molar-refractivity contribution in [2.75, 3.05) is 21.3 Å². The summed E-state index contributed by atoms with van der Waals surface area (Å²) in [5, 5.41) is 2.87. The summed E-state index contributed by atoms with van der Waals surface area (Å²) >= 11 is 3.41. The van der Waals surface area contributed by atoms with Gasteiger partial charge in [0.05, 0.1) is 21.3 Å². The van der Waals surface area contributed by atoms with Gasteiger partial charge in [-0.05, 0) is 29.8 Å². The molecule has 2 aromatic rings. The number of halogens is 1. The summed E-state index contributed by atoms with van der Waals surface area (Å²) in [5.74, 6) is 1.13. The molecule has 1 amide bonds. The molecule has 0 aliphatic rings. The Morgan fingerprint density at radius 1 is 1.04 bits per heavy atom. The lowest BCUT2D eigenvalue weighted by atomic mass is 10.1. The van der Waals surface area contributed by atoms with Crippen LogP contribution in [0.2, 0.25) is 0 Å². The number of methoxy groups -OCH3 is 3. The molecule has 0 saturated carbocycles. The number of benzene rings is 2. The maximum Gasteiger partial charge on any atom is 0.251 e. The fourth-order valence-corrected chi connectivity index (χ4v) is 2.59. The second-order valence-corrected chi connectivity index (χ2v) is 5.64. The maximum absolute atomic E-state index is 12.4. The zero-order valence-electron chi connectivity index (χ0n) is 13.2. The monoisotopic (exact) mass is 379 g/mol. The van der Waals surface area contributed by atoms with E-state index in [2.05, 4.69) is 21.2 Å². The van der Waals surface area contributed by atoms with Gasteiger partial charge in [-0.15, -0.1) is 0 Å². The van der Waals surface area contributed by atoms with E-state index in [9.17, 15) is 4.79 Å². The highest BCUT2D eigenvalue weighted by Gasteiger charge is 2.16. The minimum Gasteiger partial charge on any atom is -0.493 e. The Labute approximate surface area is 143 Å². The fourth-order valence-electron chi connectivity index (χ4n) is 2.14. The third-order valence-corrected chi connectivity index (χ3v) is 3.76. The molecule has 23 heavy (non-hydrogen) atoms. The molecule has 0 bridgehead atoms. The van der Waals surface area contributed by atoms with Gasteiger partial charge in [0.25, 0.3) is 5.91 Å². The number of nitrogens with one attached hydrogen (secondary N) is 1. The Hall–Kier alpha value is -2.21. The summed E-state index contributed by atoms with van der Waals surface area (Å²) in [6.45, 7) is 0.426. The molecule has 2 aromatic carbocycles. The van der Waals surface area contributed by atoms with E-state index in [0.29, 0.717) is 29.4 Å². The first-order valence-electron chi connectivity index (χ1n) is 6.91. The van der Waals surface area contributed by atoms with Crippen LogP contribution in [0.1, 0.15) is 15.9 Å². The molecule has 0 heterocycles. The molecule has 5 nitrogen and oxygen atoms in total. The van der Waals surface area contributed by atoms with Gasteiger partial charge in [-0.25, -0.2) is 0 Å². The topological polar surface area (TPSA) is 56.8 Å². The van der Waals surface area contributed by atoms with E-state index in [4.69, 9.17) is 14.2 Å². The summed E-state index contributed by atoms with van der Waals surface area (Å²) in [7, 11) is 4.55. The van der Waals surface area contributed by atoms with Crippen molar-refractivity contribution in [3.63, 3.8) is 0 Å². The van der Waals surface area contributed by atoms with Gasteiger partial charge in [-0.1, -0.05) is 28.1 Å². The second kappa shape index (κ2) is 7.87. The molecule has 0 aliphatic carbocycles. The summed E-state index contributed by atoms with van der Waals surface area (Å²) in [6.07, 6.45) is 0. The van der Waals surface area contributed by atoms with E-state index in [1.54, 1.807) is 12.1 Å². The molecule has 1 N–H and O–H groups in total. The van der Waals surface area contributed by atoms with Gasteiger partial charge < -0.3 is 19.5 Å². The first kappa shape index (κ1) is 17.1. The van der Waals surface area contributed by atoms with Gasteiger partial charge in [-0.3, -0.25) is 4.79 Å². The standard InChI is InChI=1S/C17H18BrNO4/c1-21-14-8-12(9-15(22-2)16(14)23-3)17(20)19-10-11-5-4-6-13(18)7-11/h4-9H,10H2,1-3H3,(H,19,20). The summed E-state index contributed by atoms with van der Waals surface area (Å²) in [6, 6.07) is 11.0. The molecule has 0 fully saturated rings. The van der Waals surface area contributed by atoms with Gasteiger partial charge in [0, 0.05) is 16.6 Å². The number of carbonyl (C=O) groups is 1. The molecular weight excluding hydrogens is 362 g/mol. The Kier molecular flexibility index (Phi) is 5.87. The molecule has 6 heteroatoms. The normalized spacial score (nSPS) is 10.1. The molecule has 0 spiro atoms. The molecule has 0 unspecified atom stereocenters. The van der Waals surface area contributed by atoms with Gasteiger partial charge >= 0.3 is 0 Å². The fraction of sp³-hybridized carbons (Fsp3) is 0.235. The van der Waals surface area contributed by atoms with Crippen molar-refractivity contribution in [1.82, 2.24) is 5.32 Å². The molecule has 0 atom stereocenters. The molecule has 2 rings (SSSR count). The lowest BCUT2D eigenvalue weighted by Gasteiger charge is -2.14. The quantitative estimate of drug-likeness (QED) is 0.835. The van der Waals surface area contributed by atoms with Crippen LogP contribution < -0.4 is 19.5 Å².